The van der Waals surface area contributed by atoms with E-state index in [9.17, 15) is 4.79 Å². The molecular formula is C20H34IN5O2. The van der Waals surface area contributed by atoms with Crippen LogP contribution in [0.2, 0.25) is 0 Å². The minimum atomic E-state index is 0. The van der Waals surface area contributed by atoms with E-state index in [1.807, 2.05) is 44.1 Å². The molecule has 1 aromatic rings. The van der Waals surface area contributed by atoms with Crippen molar-refractivity contribution in [3.8, 4) is 5.75 Å². The first kappa shape index (κ1) is 24.5. The van der Waals surface area contributed by atoms with Gasteiger partial charge in [0.1, 0.15) is 12.3 Å². The van der Waals surface area contributed by atoms with Crippen molar-refractivity contribution in [3.63, 3.8) is 0 Å². The molecule has 1 heterocycles. The van der Waals surface area contributed by atoms with E-state index in [0.717, 1.165) is 43.8 Å². The summed E-state index contributed by atoms with van der Waals surface area (Å²) in [4.78, 5) is 20.8. The molecule has 0 saturated carbocycles. The second kappa shape index (κ2) is 12.8. The molecule has 1 aliphatic heterocycles. The van der Waals surface area contributed by atoms with Gasteiger partial charge in [-0.25, -0.2) is 4.99 Å². The van der Waals surface area contributed by atoms with Crippen molar-refractivity contribution in [1.29, 1.82) is 0 Å². The predicted molar refractivity (Wildman–Crippen MR) is 125 cm³/mol. The van der Waals surface area contributed by atoms with Gasteiger partial charge in [0.15, 0.2) is 5.96 Å². The van der Waals surface area contributed by atoms with Crippen LogP contribution in [0.4, 0.5) is 0 Å². The number of halogens is 1. The molecule has 158 valence electrons. The highest BCUT2D eigenvalue weighted by Gasteiger charge is 2.18. The Bertz CT molecular complexity index is 633. The average Bonchev–Trinajstić information content (AvgIpc) is 3.20. The van der Waals surface area contributed by atoms with Gasteiger partial charge in [0.05, 0.1) is 13.2 Å². The first-order chi connectivity index (χ1) is 13.0. The van der Waals surface area contributed by atoms with Crippen molar-refractivity contribution in [1.82, 2.24) is 20.4 Å². The molecule has 1 fully saturated rings. The van der Waals surface area contributed by atoms with Gasteiger partial charge in [-0.1, -0.05) is 12.1 Å². The van der Waals surface area contributed by atoms with Crippen LogP contribution in [0, 0.1) is 0 Å². The number of ether oxygens (including phenoxy) is 1. The molecule has 1 amide bonds. The molecule has 0 aromatic heterocycles. The molecule has 1 saturated heterocycles. The lowest BCUT2D eigenvalue weighted by atomic mass is 10.1. The number of hydrogen-bond donors (Lipinski definition) is 2. The smallest absolute Gasteiger partial charge is 0.244 e. The van der Waals surface area contributed by atoms with Crippen molar-refractivity contribution >= 4 is 35.8 Å². The maximum Gasteiger partial charge on any atom is 0.244 e. The monoisotopic (exact) mass is 503 g/mol. The van der Waals surface area contributed by atoms with Crippen LogP contribution >= 0.6 is 24.0 Å². The lowest BCUT2D eigenvalue weighted by molar-refractivity contribution is -0.128. The van der Waals surface area contributed by atoms with Gasteiger partial charge in [0.2, 0.25) is 5.91 Å². The van der Waals surface area contributed by atoms with Crippen LogP contribution < -0.4 is 15.4 Å². The topological polar surface area (TPSA) is 69.2 Å². The number of aliphatic imine (C=N–C) groups is 1. The number of hydrogen-bond acceptors (Lipinski definition) is 4. The van der Waals surface area contributed by atoms with Gasteiger partial charge in [-0.3, -0.25) is 4.79 Å². The van der Waals surface area contributed by atoms with E-state index in [-0.39, 0.29) is 42.5 Å². The SMILES string of the molecule is CCNC(=NCC(=O)N1CCCC1)NCC(c1cccc(OC)c1)N(C)C.I. The molecule has 1 atom stereocenters. The van der Waals surface area contributed by atoms with E-state index in [2.05, 4.69) is 26.6 Å². The Morgan fingerprint density at radius 3 is 2.61 bits per heavy atom. The summed E-state index contributed by atoms with van der Waals surface area (Å²) in [7, 11) is 5.77. The van der Waals surface area contributed by atoms with Crippen molar-refractivity contribution in [2.75, 3.05) is 53.9 Å². The van der Waals surface area contributed by atoms with Crippen LogP contribution in [-0.2, 0) is 4.79 Å². The molecule has 7 nitrogen and oxygen atoms in total. The summed E-state index contributed by atoms with van der Waals surface area (Å²) in [5, 5.41) is 6.59. The molecule has 8 heteroatoms. The van der Waals surface area contributed by atoms with Gasteiger partial charge >= 0.3 is 0 Å². The van der Waals surface area contributed by atoms with E-state index in [0.29, 0.717) is 12.5 Å². The fourth-order valence-corrected chi connectivity index (χ4v) is 3.20. The number of carbonyl (C=O) groups is 1. The van der Waals surface area contributed by atoms with Crippen LogP contribution in [0.5, 0.6) is 5.75 Å². The molecule has 0 radical (unpaired) electrons. The highest BCUT2D eigenvalue weighted by atomic mass is 127. The van der Waals surface area contributed by atoms with Gasteiger partial charge in [-0.2, -0.15) is 0 Å². The molecule has 0 spiro atoms. The zero-order valence-electron chi connectivity index (χ0n) is 17.4. The van der Waals surface area contributed by atoms with Crippen molar-refractivity contribution in [2.45, 2.75) is 25.8 Å². The number of likely N-dealkylation sites (N-methyl/N-ethyl adjacent to an activating group) is 1. The van der Waals surface area contributed by atoms with Gasteiger partial charge < -0.3 is 25.2 Å². The molecule has 1 aromatic carbocycles. The summed E-state index contributed by atoms with van der Waals surface area (Å²) in [6.45, 7) is 5.33. The van der Waals surface area contributed by atoms with Crippen molar-refractivity contribution in [2.24, 2.45) is 4.99 Å². The Labute approximate surface area is 185 Å². The van der Waals surface area contributed by atoms with Gasteiger partial charge in [-0.05, 0) is 51.6 Å². The van der Waals surface area contributed by atoms with E-state index in [4.69, 9.17) is 4.74 Å². The number of benzene rings is 1. The number of carbonyl (C=O) groups excluding carboxylic acids is 1. The Hall–Kier alpha value is -1.55. The second-order valence-electron chi connectivity index (χ2n) is 6.92. The van der Waals surface area contributed by atoms with Crippen LogP contribution in [-0.4, -0.2) is 75.6 Å². The molecule has 2 N–H and O–H groups in total. The number of amides is 1. The molecule has 0 bridgehead atoms. The molecule has 0 aliphatic carbocycles. The fraction of sp³-hybridized carbons (Fsp3) is 0.600. The maximum absolute atomic E-state index is 12.2. The standard InChI is InChI=1S/C20H33N5O2.HI/c1-5-21-20(23-15-19(26)25-11-6-7-12-25)22-14-18(24(2)3)16-9-8-10-17(13-16)27-4;/h8-10,13,18H,5-7,11-12,14-15H2,1-4H3,(H2,21,22,23);1H. The molecule has 28 heavy (non-hydrogen) atoms. The second-order valence-corrected chi connectivity index (χ2v) is 6.92. The Morgan fingerprint density at radius 2 is 2.00 bits per heavy atom. The van der Waals surface area contributed by atoms with E-state index in [1.54, 1.807) is 7.11 Å². The lowest BCUT2D eigenvalue weighted by Gasteiger charge is -2.26. The summed E-state index contributed by atoms with van der Waals surface area (Å²) in [5.41, 5.74) is 1.16. The summed E-state index contributed by atoms with van der Waals surface area (Å²) in [6, 6.07) is 8.24. The molecule has 1 unspecified atom stereocenters. The number of guanidine groups is 1. The summed E-state index contributed by atoms with van der Waals surface area (Å²) in [6.07, 6.45) is 2.19. The molecule has 1 aliphatic rings. The zero-order chi connectivity index (χ0) is 19.6. The normalized spacial score (nSPS) is 15.2. The van der Waals surface area contributed by atoms with E-state index < -0.39 is 0 Å². The Balaban J connectivity index is 0.00000392. The third-order valence-electron chi connectivity index (χ3n) is 4.74. The number of nitrogens with one attached hydrogen (secondary N) is 2. The van der Waals surface area contributed by atoms with E-state index >= 15 is 0 Å². The largest absolute Gasteiger partial charge is 0.497 e. The average molecular weight is 503 g/mol. The Morgan fingerprint density at radius 1 is 1.29 bits per heavy atom. The highest BCUT2D eigenvalue weighted by Crippen LogP contribution is 2.22. The Kier molecular flexibility index (Phi) is 11.2. The highest BCUT2D eigenvalue weighted by molar-refractivity contribution is 14.0. The number of likely N-dealkylation sites (tertiary alicyclic amines) is 1. The quantitative estimate of drug-likeness (QED) is 0.323. The first-order valence-electron chi connectivity index (χ1n) is 9.65. The van der Waals surface area contributed by atoms with Crippen molar-refractivity contribution in [3.05, 3.63) is 29.8 Å². The lowest BCUT2D eigenvalue weighted by Crippen LogP contribution is -2.42. The van der Waals surface area contributed by atoms with Crippen LogP contribution in [0.3, 0.4) is 0 Å². The summed E-state index contributed by atoms with van der Waals surface area (Å²) < 4.78 is 5.35. The predicted octanol–water partition coefficient (Wildman–Crippen LogP) is 2.09. The zero-order valence-corrected chi connectivity index (χ0v) is 19.7. The van der Waals surface area contributed by atoms with Gasteiger partial charge in [-0.15, -0.1) is 24.0 Å². The van der Waals surface area contributed by atoms with Gasteiger partial charge in [0.25, 0.3) is 0 Å². The molecular weight excluding hydrogens is 469 g/mol. The minimum Gasteiger partial charge on any atom is -0.497 e. The minimum absolute atomic E-state index is 0. The van der Waals surface area contributed by atoms with Crippen LogP contribution in [0.25, 0.3) is 0 Å². The van der Waals surface area contributed by atoms with Crippen molar-refractivity contribution < 1.29 is 9.53 Å². The first-order valence-corrected chi connectivity index (χ1v) is 9.65. The fourth-order valence-electron chi connectivity index (χ4n) is 3.20. The van der Waals surface area contributed by atoms with Crippen LogP contribution in [0.1, 0.15) is 31.4 Å². The molecule has 2 rings (SSSR count). The van der Waals surface area contributed by atoms with E-state index in [1.165, 1.54) is 0 Å². The maximum atomic E-state index is 12.2. The van der Waals surface area contributed by atoms with Crippen LogP contribution in [0.15, 0.2) is 29.3 Å². The number of methoxy groups -OCH3 is 1. The summed E-state index contributed by atoms with van der Waals surface area (Å²) >= 11 is 0. The third kappa shape index (κ3) is 7.46. The third-order valence-corrected chi connectivity index (χ3v) is 4.74. The van der Waals surface area contributed by atoms with Gasteiger partial charge in [0, 0.05) is 26.2 Å². The number of nitrogens with zero attached hydrogens (tertiary/aromatic N) is 3. The number of rotatable bonds is 8. The summed E-state index contributed by atoms with van der Waals surface area (Å²) in [5.74, 6) is 1.61.